The molecule has 6 nitrogen and oxygen atoms in total. The molecule has 2 aliphatic rings. The molecule has 0 saturated carbocycles. The van der Waals surface area contributed by atoms with Crippen LogP contribution >= 0.6 is 23.5 Å². The molecule has 0 aromatic heterocycles. The van der Waals surface area contributed by atoms with Crippen LogP contribution in [0.2, 0.25) is 0 Å². The lowest BCUT2D eigenvalue weighted by Gasteiger charge is -2.27. The van der Waals surface area contributed by atoms with Crippen molar-refractivity contribution < 1.29 is 26.3 Å². The Morgan fingerprint density at radius 2 is 1.04 bits per heavy atom. The van der Waals surface area contributed by atoms with Crippen molar-refractivity contribution in [1.82, 2.24) is 20.4 Å². The predicted octanol–water partition coefficient (Wildman–Crippen LogP) is 7.03. The normalized spacial score (nSPS) is 16.4. The van der Waals surface area contributed by atoms with Gasteiger partial charge in [-0.15, -0.1) is 0 Å². The molecule has 2 aliphatic heterocycles. The first-order valence-corrected chi connectivity index (χ1v) is 16.7. The Bertz CT molecular complexity index is 1410. The van der Waals surface area contributed by atoms with Crippen LogP contribution in [0.1, 0.15) is 33.4 Å². The molecule has 2 heterocycles. The third-order valence-corrected chi connectivity index (χ3v) is 9.53. The summed E-state index contributed by atoms with van der Waals surface area (Å²) in [6, 6.07) is 19.1. The quantitative estimate of drug-likeness (QED) is 0.225. The number of nitrogens with zero attached hydrogens (tertiary/aromatic N) is 4. The minimum Gasteiger partial charge on any atom is -0.352 e. The van der Waals surface area contributed by atoms with Gasteiger partial charge in [-0.25, -0.2) is 9.98 Å². The summed E-state index contributed by atoms with van der Waals surface area (Å²) in [6.07, 6.45) is -7.68. The lowest BCUT2D eigenvalue weighted by atomic mass is 10.1. The van der Waals surface area contributed by atoms with Crippen LogP contribution in [0, 0.1) is 0 Å². The summed E-state index contributed by atoms with van der Waals surface area (Å²) < 4.78 is 78.0. The van der Waals surface area contributed by atoms with Crippen LogP contribution in [0.4, 0.5) is 26.3 Å². The molecule has 0 fully saturated rings. The van der Waals surface area contributed by atoms with Crippen LogP contribution < -0.4 is 10.6 Å². The molecule has 5 rings (SSSR count). The topological polar surface area (TPSA) is 55.3 Å². The van der Waals surface area contributed by atoms with Gasteiger partial charge in [-0.3, -0.25) is 9.80 Å². The van der Waals surface area contributed by atoms with Crippen LogP contribution in [0.15, 0.2) is 82.8 Å². The zero-order chi connectivity index (χ0) is 32.6. The smallest absolute Gasteiger partial charge is 0.352 e. The van der Waals surface area contributed by atoms with E-state index in [1.807, 2.05) is 12.1 Å². The van der Waals surface area contributed by atoms with Gasteiger partial charge < -0.3 is 10.6 Å². The summed E-state index contributed by atoms with van der Waals surface area (Å²) in [5.41, 5.74) is 2.42. The van der Waals surface area contributed by atoms with Crippen molar-refractivity contribution in [2.24, 2.45) is 9.98 Å². The van der Waals surface area contributed by atoms with E-state index in [9.17, 15) is 26.3 Å². The van der Waals surface area contributed by atoms with E-state index in [1.165, 1.54) is 35.4 Å². The molecule has 2 N–H and O–H groups in total. The lowest BCUT2D eigenvalue weighted by Crippen LogP contribution is -2.42. The van der Waals surface area contributed by atoms with Gasteiger partial charge in [-0.2, -0.15) is 26.3 Å². The molecule has 14 heteroatoms. The number of halogens is 6. The van der Waals surface area contributed by atoms with Crippen molar-refractivity contribution in [2.75, 3.05) is 39.8 Å². The molecular formula is C32H34F6N6S2. The molecule has 0 saturated heterocycles. The highest BCUT2D eigenvalue weighted by molar-refractivity contribution is 8.13. The molecule has 246 valence electrons. The lowest BCUT2D eigenvalue weighted by molar-refractivity contribution is -0.138. The molecule has 0 amide bonds. The summed E-state index contributed by atoms with van der Waals surface area (Å²) in [4.78, 5) is 13.4. The fourth-order valence-electron chi connectivity index (χ4n) is 4.90. The molecule has 3 aromatic rings. The number of amidine groups is 2. The van der Waals surface area contributed by atoms with Gasteiger partial charge in [0.15, 0.2) is 10.3 Å². The van der Waals surface area contributed by atoms with E-state index in [0.717, 1.165) is 34.0 Å². The summed E-state index contributed by atoms with van der Waals surface area (Å²) >= 11 is 3.23. The number of rotatable bonds is 10. The van der Waals surface area contributed by atoms with Gasteiger partial charge in [0, 0.05) is 24.6 Å². The molecule has 0 bridgehead atoms. The first kappa shape index (κ1) is 34.1. The van der Waals surface area contributed by atoms with Crippen LogP contribution in [-0.2, 0) is 36.7 Å². The third kappa shape index (κ3) is 10.1. The molecular weight excluding hydrogens is 647 g/mol. The van der Waals surface area contributed by atoms with Gasteiger partial charge >= 0.3 is 12.4 Å². The Morgan fingerprint density at radius 3 is 1.41 bits per heavy atom. The van der Waals surface area contributed by atoms with Crippen molar-refractivity contribution >= 4 is 33.9 Å². The van der Waals surface area contributed by atoms with Crippen molar-refractivity contribution in [1.29, 1.82) is 0 Å². The maximum Gasteiger partial charge on any atom is 0.416 e. The first-order valence-electron chi connectivity index (χ1n) is 14.7. The van der Waals surface area contributed by atoms with Crippen LogP contribution in [-0.4, -0.2) is 59.9 Å². The minimum absolute atomic E-state index is 0.480. The second-order valence-corrected chi connectivity index (χ2v) is 12.8. The highest BCUT2D eigenvalue weighted by Gasteiger charge is 2.31. The average molecular weight is 681 g/mol. The van der Waals surface area contributed by atoms with E-state index >= 15 is 0 Å². The zero-order valence-corrected chi connectivity index (χ0v) is 26.5. The fraction of sp³-hybridized carbons (Fsp3) is 0.375. The molecule has 0 atom stereocenters. The Labute approximate surface area is 272 Å². The van der Waals surface area contributed by atoms with Gasteiger partial charge in [-0.1, -0.05) is 84.2 Å². The maximum absolute atomic E-state index is 13.0. The SMILES string of the molecule is FC(F)(F)c1cccc(CCN2CN=C(SCc3ccccc3CSC3=NCN(CCc4cccc(C(F)(F)F)c4)CN3)NC2)c1. The van der Waals surface area contributed by atoms with E-state index in [-0.39, 0.29) is 0 Å². The first-order chi connectivity index (χ1) is 22.0. The van der Waals surface area contributed by atoms with Crippen molar-refractivity contribution in [3.05, 3.63) is 106 Å². The number of alkyl halides is 6. The molecule has 0 unspecified atom stereocenters. The van der Waals surface area contributed by atoms with Gasteiger partial charge in [0.25, 0.3) is 0 Å². The summed E-state index contributed by atoms with van der Waals surface area (Å²) in [5, 5.41) is 8.31. The van der Waals surface area contributed by atoms with Gasteiger partial charge in [0.05, 0.1) is 37.8 Å². The highest BCUT2D eigenvalue weighted by Crippen LogP contribution is 2.31. The average Bonchev–Trinajstić information content (AvgIpc) is 3.05. The van der Waals surface area contributed by atoms with Crippen molar-refractivity contribution in [2.45, 2.75) is 36.7 Å². The number of nitrogens with one attached hydrogen (secondary N) is 2. The molecule has 46 heavy (non-hydrogen) atoms. The van der Waals surface area contributed by atoms with Crippen LogP contribution in [0.25, 0.3) is 0 Å². The van der Waals surface area contributed by atoms with Crippen LogP contribution in [0.3, 0.4) is 0 Å². The summed E-state index contributed by atoms with van der Waals surface area (Å²) in [7, 11) is 0. The monoisotopic (exact) mass is 680 g/mol. The zero-order valence-electron chi connectivity index (χ0n) is 24.9. The number of hydrogen-bond donors (Lipinski definition) is 2. The number of hydrogen-bond acceptors (Lipinski definition) is 8. The maximum atomic E-state index is 13.0. The molecule has 3 aromatic carbocycles. The predicted molar refractivity (Wildman–Crippen MR) is 173 cm³/mol. The number of thioether (sulfide) groups is 2. The van der Waals surface area contributed by atoms with E-state index < -0.39 is 23.5 Å². The van der Waals surface area contributed by atoms with Crippen molar-refractivity contribution in [3.8, 4) is 0 Å². The third-order valence-electron chi connectivity index (χ3n) is 7.53. The standard InChI is InChI=1S/C32H34F6N6S2/c33-31(34,35)27-9-3-5-23(15-27)11-13-43-19-39-29(40-20-43)45-17-25-7-1-2-8-26(25)18-46-30-41-21-44(22-42-30)14-12-24-6-4-10-28(16-24)32(36,37)38/h1-10,15-16H,11-14,17-22H2,(H,39,40)(H,41,42). The molecule has 0 radical (unpaired) electrons. The minimum atomic E-state index is -4.34. The second-order valence-electron chi connectivity index (χ2n) is 10.9. The second kappa shape index (κ2) is 15.6. The Morgan fingerprint density at radius 1 is 0.609 bits per heavy atom. The van der Waals surface area contributed by atoms with Gasteiger partial charge in [-0.05, 0) is 47.2 Å². The van der Waals surface area contributed by atoms with Crippen LogP contribution in [0.5, 0.6) is 0 Å². The van der Waals surface area contributed by atoms with E-state index in [2.05, 4.69) is 42.6 Å². The Kier molecular flexibility index (Phi) is 11.6. The number of benzene rings is 3. The fourth-order valence-corrected chi connectivity index (χ4v) is 6.68. The molecule has 0 spiro atoms. The Hall–Kier alpha value is -3.20. The number of aliphatic imine (C=N–C) groups is 2. The highest BCUT2D eigenvalue weighted by atomic mass is 32.2. The van der Waals surface area contributed by atoms with Crippen molar-refractivity contribution in [3.63, 3.8) is 0 Å². The van der Waals surface area contributed by atoms with Gasteiger partial charge in [0.2, 0.25) is 0 Å². The van der Waals surface area contributed by atoms with E-state index in [4.69, 9.17) is 0 Å². The summed E-state index contributed by atoms with van der Waals surface area (Å²) in [5.74, 6) is 1.46. The van der Waals surface area contributed by atoms with Gasteiger partial charge in [0.1, 0.15) is 0 Å². The summed E-state index contributed by atoms with van der Waals surface area (Å²) in [6.45, 7) is 3.31. The molecule has 0 aliphatic carbocycles. The Balaban J connectivity index is 1.04. The van der Waals surface area contributed by atoms with E-state index in [0.29, 0.717) is 63.7 Å². The van der Waals surface area contributed by atoms with E-state index in [1.54, 1.807) is 35.7 Å². The largest absolute Gasteiger partial charge is 0.416 e.